The van der Waals surface area contributed by atoms with Crippen molar-refractivity contribution < 1.29 is 27.1 Å². The lowest BCUT2D eigenvalue weighted by atomic mass is 9.89. The van der Waals surface area contributed by atoms with Crippen molar-refractivity contribution in [2.45, 2.75) is 38.0 Å². The van der Waals surface area contributed by atoms with Crippen LogP contribution in [0.25, 0.3) is 0 Å². The molecule has 1 fully saturated rings. The summed E-state index contributed by atoms with van der Waals surface area (Å²) in [4.78, 5) is 13.5. The third kappa shape index (κ3) is 3.16. The van der Waals surface area contributed by atoms with E-state index in [9.17, 15) is 22.4 Å². The topological polar surface area (TPSA) is 41.6 Å². The maximum atomic E-state index is 14.0. The quantitative estimate of drug-likeness (QED) is 0.718. The second-order valence-corrected chi connectivity index (χ2v) is 7.07. The molecule has 2 heterocycles. The number of ether oxygens (including phenoxy) is 1. The summed E-state index contributed by atoms with van der Waals surface area (Å²) >= 11 is 0. The summed E-state index contributed by atoms with van der Waals surface area (Å²) in [5, 5.41) is 2.15. The molecule has 1 N–H and O–H groups in total. The van der Waals surface area contributed by atoms with E-state index in [1.807, 2.05) is 4.90 Å². The normalized spacial score (nSPS) is 21.0. The predicted molar refractivity (Wildman–Crippen MR) is 95.0 cm³/mol. The number of para-hydroxylation sites is 1. The van der Waals surface area contributed by atoms with Crippen LogP contribution in [-0.2, 0) is 4.79 Å². The van der Waals surface area contributed by atoms with Crippen LogP contribution in [0.15, 0.2) is 36.4 Å². The van der Waals surface area contributed by atoms with Gasteiger partial charge in [0.05, 0.1) is 17.8 Å². The van der Waals surface area contributed by atoms with Crippen LogP contribution >= 0.6 is 0 Å². The molecule has 2 aromatic carbocycles. The second-order valence-electron chi connectivity index (χ2n) is 7.07. The number of aryl methyl sites for hydroxylation is 1. The number of piperidine rings is 1. The van der Waals surface area contributed by atoms with Crippen molar-refractivity contribution in [3.8, 4) is 11.5 Å². The number of carbonyl (C=O) groups excluding carboxylic acids is 1. The molecular formula is C20H18F4N2O2. The third-order valence-corrected chi connectivity index (χ3v) is 5.18. The molecule has 0 unspecified atom stereocenters. The van der Waals surface area contributed by atoms with Gasteiger partial charge in [-0.1, -0.05) is 18.2 Å². The minimum atomic E-state index is -4.96. The number of rotatable bonds is 1. The summed E-state index contributed by atoms with van der Waals surface area (Å²) in [6.45, 7) is 2.29. The number of nitrogens with zero attached hydrogens (tertiary/aromatic N) is 1. The van der Waals surface area contributed by atoms with Crippen LogP contribution in [0, 0.1) is 12.7 Å². The van der Waals surface area contributed by atoms with Gasteiger partial charge in [0, 0.05) is 18.2 Å². The number of carbonyl (C=O) groups is 1. The van der Waals surface area contributed by atoms with Gasteiger partial charge in [0.25, 0.3) is 0 Å². The molecule has 0 radical (unpaired) electrons. The first-order valence-corrected chi connectivity index (χ1v) is 8.97. The van der Waals surface area contributed by atoms with Gasteiger partial charge in [0.1, 0.15) is 11.6 Å². The minimum absolute atomic E-state index is 0.315. The van der Waals surface area contributed by atoms with Crippen molar-refractivity contribution in [3.63, 3.8) is 0 Å². The first-order chi connectivity index (χ1) is 13.3. The molecule has 0 aliphatic carbocycles. The van der Waals surface area contributed by atoms with Crippen LogP contribution in [-0.4, -0.2) is 24.7 Å². The molecule has 4 nitrogen and oxygen atoms in total. The van der Waals surface area contributed by atoms with Crippen LogP contribution in [0.3, 0.4) is 0 Å². The highest BCUT2D eigenvalue weighted by atomic mass is 19.4. The Labute approximate surface area is 159 Å². The van der Waals surface area contributed by atoms with Crippen molar-refractivity contribution in [1.29, 1.82) is 0 Å². The van der Waals surface area contributed by atoms with Crippen LogP contribution < -0.4 is 15.0 Å². The van der Waals surface area contributed by atoms with Crippen molar-refractivity contribution in [2.24, 2.45) is 0 Å². The molecule has 0 spiro atoms. The van der Waals surface area contributed by atoms with Crippen LogP contribution in [0.1, 0.15) is 30.0 Å². The van der Waals surface area contributed by atoms with E-state index in [1.165, 1.54) is 12.1 Å². The molecule has 28 heavy (non-hydrogen) atoms. The highest BCUT2D eigenvalue weighted by Crippen LogP contribution is 2.49. The Hall–Kier alpha value is -2.77. The average molecular weight is 394 g/mol. The molecule has 1 amide bonds. The summed E-state index contributed by atoms with van der Waals surface area (Å²) in [6.07, 6.45) is -3.98. The van der Waals surface area contributed by atoms with Gasteiger partial charge in [-0.15, -0.1) is 0 Å². The standard InChI is InChI=1S/C20H18F4N2O2/c1-11-9-12(21)10-16-17(11)26-8-4-6-14(25-19(27)20(22,23)24)18(26)13-5-2-3-7-15(13)28-16/h2-3,5,7,9-10,14,18H,4,6,8H2,1H3,(H,25,27)/t14-,18+/m1/s1. The van der Waals surface area contributed by atoms with E-state index in [1.54, 1.807) is 31.2 Å². The fraction of sp³-hybridized carbons (Fsp3) is 0.350. The van der Waals surface area contributed by atoms with Gasteiger partial charge in [-0.2, -0.15) is 13.2 Å². The van der Waals surface area contributed by atoms with Crippen LogP contribution in [0.4, 0.5) is 23.2 Å². The number of amides is 1. The van der Waals surface area contributed by atoms with E-state index >= 15 is 0 Å². The van der Waals surface area contributed by atoms with E-state index in [-0.39, 0.29) is 0 Å². The van der Waals surface area contributed by atoms with E-state index < -0.39 is 30.0 Å². The van der Waals surface area contributed by atoms with Crippen LogP contribution in [0.5, 0.6) is 11.5 Å². The molecule has 4 rings (SSSR count). The number of hydrogen-bond donors (Lipinski definition) is 1. The molecule has 0 saturated carbocycles. The lowest BCUT2D eigenvalue weighted by molar-refractivity contribution is -0.174. The fourth-order valence-corrected chi connectivity index (χ4v) is 4.12. The maximum Gasteiger partial charge on any atom is 0.471 e. The molecule has 148 valence electrons. The van der Waals surface area contributed by atoms with Gasteiger partial charge in [0.15, 0.2) is 5.75 Å². The average Bonchev–Trinajstić information content (AvgIpc) is 2.75. The number of benzene rings is 2. The lowest BCUT2D eigenvalue weighted by Crippen LogP contribution is -2.52. The third-order valence-electron chi connectivity index (χ3n) is 5.18. The Bertz CT molecular complexity index is 929. The first kappa shape index (κ1) is 18.6. The van der Waals surface area contributed by atoms with Gasteiger partial charge >= 0.3 is 12.1 Å². The van der Waals surface area contributed by atoms with Crippen molar-refractivity contribution >= 4 is 11.6 Å². The van der Waals surface area contributed by atoms with E-state index in [0.717, 1.165) is 0 Å². The molecule has 0 bridgehead atoms. The maximum absolute atomic E-state index is 14.0. The number of alkyl halides is 3. The van der Waals surface area contributed by atoms with Crippen molar-refractivity contribution in [3.05, 3.63) is 53.3 Å². The molecule has 1 saturated heterocycles. The number of fused-ring (bicyclic) bond motifs is 5. The molecule has 2 aliphatic rings. The first-order valence-electron chi connectivity index (χ1n) is 8.97. The Morgan fingerprint density at radius 2 is 1.96 bits per heavy atom. The van der Waals surface area contributed by atoms with E-state index in [2.05, 4.69) is 5.32 Å². The smallest absolute Gasteiger partial charge is 0.455 e. The predicted octanol–water partition coefficient (Wildman–Crippen LogP) is 4.63. The zero-order valence-corrected chi connectivity index (χ0v) is 15.0. The highest BCUT2D eigenvalue weighted by molar-refractivity contribution is 5.82. The van der Waals surface area contributed by atoms with E-state index in [4.69, 9.17) is 4.74 Å². The Morgan fingerprint density at radius 1 is 1.21 bits per heavy atom. The molecule has 2 aromatic rings. The molecule has 2 aliphatic heterocycles. The second kappa shape index (κ2) is 6.68. The summed E-state index contributed by atoms with van der Waals surface area (Å²) in [5.41, 5.74) is 1.91. The van der Waals surface area contributed by atoms with Gasteiger partial charge in [0.2, 0.25) is 0 Å². The lowest BCUT2D eigenvalue weighted by Gasteiger charge is -2.43. The molecule has 2 atom stereocenters. The number of nitrogens with one attached hydrogen (secondary N) is 1. The highest BCUT2D eigenvalue weighted by Gasteiger charge is 2.44. The molecule has 8 heteroatoms. The zero-order valence-electron chi connectivity index (χ0n) is 15.0. The fourth-order valence-electron chi connectivity index (χ4n) is 4.12. The van der Waals surface area contributed by atoms with Crippen molar-refractivity contribution in [1.82, 2.24) is 5.32 Å². The number of halogens is 4. The SMILES string of the molecule is Cc1cc(F)cc2c1N1CCC[C@@H](NC(=O)C(F)(F)F)[C@@H]1c1ccccc1O2. The summed E-state index contributed by atoms with van der Waals surface area (Å²) in [6, 6.07) is 8.30. The van der Waals surface area contributed by atoms with Gasteiger partial charge in [-0.3, -0.25) is 4.79 Å². The van der Waals surface area contributed by atoms with Crippen LogP contribution in [0.2, 0.25) is 0 Å². The van der Waals surface area contributed by atoms with Crippen molar-refractivity contribution in [2.75, 3.05) is 11.4 Å². The minimum Gasteiger partial charge on any atom is -0.455 e. The monoisotopic (exact) mass is 394 g/mol. The van der Waals surface area contributed by atoms with Gasteiger partial charge < -0.3 is 15.0 Å². The zero-order chi connectivity index (χ0) is 20.1. The van der Waals surface area contributed by atoms with Gasteiger partial charge in [-0.25, -0.2) is 4.39 Å². The Kier molecular flexibility index (Phi) is 4.44. The Morgan fingerprint density at radius 3 is 2.71 bits per heavy atom. The summed E-state index contributed by atoms with van der Waals surface area (Å²) in [7, 11) is 0. The number of anilines is 1. The van der Waals surface area contributed by atoms with E-state index in [0.29, 0.717) is 47.7 Å². The summed E-state index contributed by atoms with van der Waals surface area (Å²) in [5.74, 6) is -1.66. The van der Waals surface area contributed by atoms with Gasteiger partial charge in [-0.05, 0) is 37.5 Å². The Balaban J connectivity index is 1.84. The largest absolute Gasteiger partial charge is 0.471 e. The molecule has 0 aromatic heterocycles. The summed E-state index contributed by atoms with van der Waals surface area (Å²) < 4.78 is 58.5. The number of hydrogen-bond acceptors (Lipinski definition) is 3. The molecular weight excluding hydrogens is 376 g/mol.